The van der Waals surface area contributed by atoms with Crippen molar-refractivity contribution < 1.29 is 14.0 Å². The van der Waals surface area contributed by atoms with Crippen molar-refractivity contribution in [1.82, 2.24) is 0 Å². The van der Waals surface area contributed by atoms with Crippen molar-refractivity contribution in [3.8, 4) is 0 Å². The van der Waals surface area contributed by atoms with E-state index in [-0.39, 0.29) is 16.2 Å². The number of rotatable bonds is 19. The van der Waals surface area contributed by atoms with E-state index < -0.39 is 16.6 Å². The first-order valence-corrected chi connectivity index (χ1v) is 26.0. The monoisotopic (exact) mass is 783 g/mol. The minimum absolute atomic E-state index is 0.0449. The van der Waals surface area contributed by atoms with Crippen molar-refractivity contribution in [3.05, 3.63) is 118 Å². The van der Waals surface area contributed by atoms with E-state index in [0.29, 0.717) is 19.1 Å². The van der Waals surface area contributed by atoms with E-state index in [1.165, 1.54) is 43.8 Å². The van der Waals surface area contributed by atoms with E-state index in [1.807, 2.05) is 0 Å². The highest BCUT2D eigenvalue weighted by molar-refractivity contribution is 6.99. The number of aliphatic hydroxyl groups is 1. The summed E-state index contributed by atoms with van der Waals surface area (Å²) in [4.78, 5) is 0. The fourth-order valence-corrected chi connectivity index (χ4v) is 13.2. The van der Waals surface area contributed by atoms with Gasteiger partial charge in [-0.15, -0.1) is 0 Å². The molecule has 0 spiro atoms. The molecule has 0 saturated carbocycles. The second kappa shape index (κ2) is 21.3. The average molecular weight is 783 g/mol. The fourth-order valence-electron chi connectivity index (χ4n) is 7.67. The Morgan fingerprint density at radius 1 is 0.709 bits per heavy atom. The molecular weight excluding hydrogens is 705 g/mol. The molecule has 3 rings (SSSR count). The topological polar surface area (TPSA) is 38.7 Å². The predicted octanol–water partition coefficient (Wildman–Crippen LogP) is 13.2. The molecule has 1 aliphatic rings. The van der Waals surface area contributed by atoms with Crippen molar-refractivity contribution in [2.75, 3.05) is 13.2 Å². The molecule has 0 fully saturated rings. The van der Waals surface area contributed by atoms with Gasteiger partial charge in [0.15, 0.2) is 8.32 Å². The first kappa shape index (κ1) is 46.8. The molecule has 5 heteroatoms. The third-order valence-electron chi connectivity index (χ3n) is 12.4. The van der Waals surface area contributed by atoms with Crippen molar-refractivity contribution in [3.63, 3.8) is 0 Å². The van der Waals surface area contributed by atoms with Crippen LogP contribution in [0.15, 0.2) is 118 Å². The van der Waals surface area contributed by atoms with Gasteiger partial charge >= 0.3 is 0 Å². The summed E-state index contributed by atoms with van der Waals surface area (Å²) < 4.78 is 13.8. The van der Waals surface area contributed by atoms with Crippen molar-refractivity contribution >= 4 is 27.0 Å². The standard InChI is InChI=1S/C50H78O3Si2/c1-39(2)22-20-24-43(38-53-55(50(9,10)11,45-26-16-14-17-27-45)46-28-18-15-19-29-46)25-21-23-40(3)30-32-44-33-35-48(51)47(42(44)5)34-31-41(4)36-37-52-54(12,13)49(6,7)8/h14-19,22,25-30,36,44,48,51H,20-21,23-24,31-35,37-38H2,1-13H3/b40-30+,41-36+,43-25-/t44-,48+/m1/s1. The van der Waals surface area contributed by atoms with Gasteiger partial charge in [0.05, 0.1) is 19.3 Å². The van der Waals surface area contributed by atoms with Crippen LogP contribution in [0, 0.1) is 5.92 Å². The Morgan fingerprint density at radius 2 is 1.27 bits per heavy atom. The van der Waals surface area contributed by atoms with Crippen LogP contribution >= 0.6 is 0 Å². The summed E-state index contributed by atoms with van der Waals surface area (Å²) in [5.41, 5.74) is 8.26. The van der Waals surface area contributed by atoms with Crippen LogP contribution in [0.25, 0.3) is 0 Å². The zero-order valence-electron chi connectivity index (χ0n) is 37.3. The number of aliphatic hydroxyl groups excluding tert-OH is 1. The highest BCUT2D eigenvalue weighted by Crippen LogP contribution is 2.39. The molecule has 2 aromatic rings. The molecule has 2 atom stereocenters. The maximum Gasteiger partial charge on any atom is 0.261 e. The van der Waals surface area contributed by atoms with Gasteiger partial charge in [0.2, 0.25) is 0 Å². The van der Waals surface area contributed by atoms with Crippen LogP contribution in [0.1, 0.15) is 134 Å². The molecule has 0 saturated heterocycles. The zero-order chi connectivity index (χ0) is 40.9. The first-order chi connectivity index (χ1) is 25.8. The van der Waals surface area contributed by atoms with Gasteiger partial charge in [0.25, 0.3) is 8.32 Å². The summed E-state index contributed by atoms with van der Waals surface area (Å²) in [6.07, 6.45) is 18.3. The molecule has 55 heavy (non-hydrogen) atoms. The van der Waals surface area contributed by atoms with Crippen LogP contribution in [-0.2, 0) is 8.85 Å². The Labute approximate surface area is 340 Å². The number of allylic oxidation sites excluding steroid dienone is 7. The molecule has 0 aliphatic heterocycles. The molecule has 0 bridgehead atoms. The van der Waals surface area contributed by atoms with E-state index >= 15 is 0 Å². The molecule has 0 heterocycles. The van der Waals surface area contributed by atoms with E-state index in [9.17, 15) is 5.11 Å². The van der Waals surface area contributed by atoms with Crippen LogP contribution in [-0.4, -0.2) is 41.1 Å². The summed E-state index contributed by atoms with van der Waals surface area (Å²) in [7, 11) is -4.36. The fraction of sp³-hybridized carbons (Fsp3) is 0.560. The lowest BCUT2D eigenvalue weighted by Crippen LogP contribution is -2.66. The minimum Gasteiger partial charge on any atom is -0.413 e. The molecule has 0 amide bonds. The molecule has 0 radical (unpaired) electrons. The number of hydrogen-bond donors (Lipinski definition) is 1. The van der Waals surface area contributed by atoms with Gasteiger partial charge in [0.1, 0.15) is 0 Å². The van der Waals surface area contributed by atoms with Crippen LogP contribution in [0.4, 0.5) is 0 Å². The normalized spacial score (nSPS) is 18.2. The predicted molar refractivity (Wildman–Crippen MR) is 245 cm³/mol. The Morgan fingerprint density at radius 3 is 1.82 bits per heavy atom. The van der Waals surface area contributed by atoms with Gasteiger partial charge < -0.3 is 14.0 Å². The summed E-state index contributed by atoms with van der Waals surface area (Å²) in [6.45, 7) is 31.1. The summed E-state index contributed by atoms with van der Waals surface area (Å²) in [5.74, 6) is 0.509. The smallest absolute Gasteiger partial charge is 0.261 e. The van der Waals surface area contributed by atoms with Gasteiger partial charge in [-0.3, -0.25) is 0 Å². The molecule has 2 aromatic carbocycles. The third kappa shape index (κ3) is 13.8. The second-order valence-corrected chi connectivity index (χ2v) is 28.2. The lowest BCUT2D eigenvalue weighted by Gasteiger charge is -2.43. The van der Waals surface area contributed by atoms with Crippen LogP contribution in [0.2, 0.25) is 23.2 Å². The summed E-state index contributed by atoms with van der Waals surface area (Å²) >= 11 is 0. The molecule has 1 aliphatic carbocycles. The first-order valence-electron chi connectivity index (χ1n) is 21.2. The van der Waals surface area contributed by atoms with E-state index in [2.05, 4.69) is 174 Å². The maximum absolute atomic E-state index is 11.0. The Hall–Kier alpha value is -2.55. The van der Waals surface area contributed by atoms with Crippen LogP contribution < -0.4 is 10.4 Å². The van der Waals surface area contributed by atoms with Crippen molar-refractivity contribution in [2.45, 2.75) is 163 Å². The van der Waals surface area contributed by atoms with Gasteiger partial charge in [-0.05, 0) is 143 Å². The number of hydrogen-bond acceptors (Lipinski definition) is 3. The Bertz CT molecular complexity index is 1590. The van der Waals surface area contributed by atoms with Gasteiger partial charge in [-0.2, -0.15) is 0 Å². The average Bonchev–Trinajstić information content (AvgIpc) is 3.11. The van der Waals surface area contributed by atoms with E-state index in [1.54, 1.807) is 0 Å². The second-order valence-electron chi connectivity index (χ2n) is 19.1. The van der Waals surface area contributed by atoms with Crippen LogP contribution in [0.3, 0.4) is 0 Å². The molecule has 3 nitrogen and oxygen atoms in total. The Balaban J connectivity index is 1.70. The highest BCUT2D eigenvalue weighted by atomic mass is 28.4. The van der Waals surface area contributed by atoms with Crippen molar-refractivity contribution in [2.24, 2.45) is 5.92 Å². The largest absolute Gasteiger partial charge is 0.413 e. The molecule has 1 N–H and O–H groups in total. The van der Waals surface area contributed by atoms with Gasteiger partial charge in [-0.1, -0.05) is 149 Å². The third-order valence-corrected chi connectivity index (χ3v) is 21.9. The van der Waals surface area contributed by atoms with Crippen LogP contribution in [0.5, 0.6) is 0 Å². The number of benzene rings is 2. The molecule has 0 unspecified atom stereocenters. The SMILES string of the molecule is CC(C)=CCC/C(=C/CC/C(C)=C/C[C@@H]1CC[C@H](O)C(CC/C(C)=C/CO[Si](C)(C)C(C)(C)C)=C1C)CO[Si](c1ccccc1)(c1ccccc1)C(C)(C)C. The highest BCUT2D eigenvalue weighted by Gasteiger charge is 2.50. The van der Waals surface area contributed by atoms with Crippen molar-refractivity contribution in [1.29, 1.82) is 0 Å². The quantitative estimate of drug-likeness (QED) is 0.114. The lowest BCUT2D eigenvalue weighted by molar-refractivity contribution is 0.173. The molecule has 304 valence electrons. The van der Waals surface area contributed by atoms with E-state index in [4.69, 9.17) is 8.85 Å². The molecular formula is C50H78O3Si2. The van der Waals surface area contributed by atoms with Gasteiger partial charge in [0, 0.05) is 0 Å². The minimum atomic E-state index is -2.61. The lowest BCUT2D eigenvalue weighted by atomic mass is 9.78. The maximum atomic E-state index is 11.0. The zero-order valence-corrected chi connectivity index (χ0v) is 39.3. The van der Waals surface area contributed by atoms with E-state index in [0.717, 1.165) is 57.8 Å². The molecule has 0 aromatic heterocycles. The van der Waals surface area contributed by atoms with Gasteiger partial charge in [-0.25, -0.2) is 0 Å². The Kier molecular flexibility index (Phi) is 18.1. The summed E-state index contributed by atoms with van der Waals surface area (Å²) in [6, 6.07) is 22.0. The summed E-state index contributed by atoms with van der Waals surface area (Å²) in [5, 5.41) is 13.9.